The third-order valence-electron chi connectivity index (χ3n) is 8.31. The van der Waals surface area contributed by atoms with Gasteiger partial charge in [0.1, 0.15) is 18.1 Å². The number of nitrogens with zero attached hydrogens (tertiary/aromatic N) is 1. The minimum absolute atomic E-state index is 0.107. The lowest BCUT2D eigenvalue weighted by Gasteiger charge is -2.37. The van der Waals surface area contributed by atoms with Crippen molar-refractivity contribution in [1.82, 2.24) is 0 Å². The summed E-state index contributed by atoms with van der Waals surface area (Å²) < 4.78 is 11.3. The number of benzene rings is 3. The predicted molar refractivity (Wildman–Crippen MR) is 136 cm³/mol. The van der Waals surface area contributed by atoms with Crippen molar-refractivity contribution in [3.63, 3.8) is 0 Å². The predicted octanol–water partition coefficient (Wildman–Crippen LogP) is 5.04. The molecule has 1 heterocycles. The van der Waals surface area contributed by atoms with E-state index in [9.17, 15) is 14.4 Å². The number of rotatable bonds is 6. The van der Waals surface area contributed by atoms with Crippen LogP contribution in [0.2, 0.25) is 0 Å². The standard InChI is InChI=1S/C31H25NO5/c33-29-27-23-14-15-24(26-16-25(23)26)28(27)30(34)32(29)20-8-6-19(7-9-20)31(35)37-22-12-10-21(11-13-22)36-17-18-4-2-1-3-5-18/h1-15,23-28H,16-17H2/t23-,24-,25-,26-,27+,28+/m0/s1. The minimum Gasteiger partial charge on any atom is -0.489 e. The van der Waals surface area contributed by atoms with E-state index in [0.717, 1.165) is 12.0 Å². The van der Waals surface area contributed by atoms with Crippen molar-refractivity contribution in [2.24, 2.45) is 35.5 Å². The lowest BCUT2D eigenvalue weighted by molar-refractivity contribution is -0.124. The van der Waals surface area contributed by atoms with Crippen LogP contribution in [-0.4, -0.2) is 17.8 Å². The molecule has 8 rings (SSSR count). The number of anilines is 1. The molecular formula is C31H25NO5. The summed E-state index contributed by atoms with van der Waals surface area (Å²) in [7, 11) is 0. The van der Waals surface area contributed by atoms with Crippen LogP contribution in [0.1, 0.15) is 22.3 Å². The Kier molecular flexibility index (Phi) is 5.03. The van der Waals surface area contributed by atoms with E-state index < -0.39 is 5.97 Å². The Labute approximate surface area is 214 Å². The van der Waals surface area contributed by atoms with Crippen molar-refractivity contribution in [3.8, 4) is 11.5 Å². The van der Waals surface area contributed by atoms with E-state index in [-0.39, 0.29) is 35.5 Å². The van der Waals surface area contributed by atoms with Crippen LogP contribution in [0.3, 0.4) is 0 Å². The fourth-order valence-electron chi connectivity index (χ4n) is 6.47. The molecule has 2 amide bonds. The zero-order valence-electron chi connectivity index (χ0n) is 20.0. The quantitative estimate of drug-likeness (QED) is 0.209. The summed E-state index contributed by atoms with van der Waals surface area (Å²) in [5.41, 5.74) is 1.92. The lowest BCUT2D eigenvalue weighted by atomic mass is 9.63. The molecule has 0 spiro atoms. The average molecular weight is 492 g/mol. The van der Waals surface area contributed by atoms with Gasteiger partial charge in [-0.1, -0.05) is 42.5 Å². The fourth-order valence-corrected chi connectivity index (χ4v) is 6.47. The largest absolute Gasteiger partial charge is 0.489 e. The van der Waals surface area contributed by atoms with Gasteiger partial charge in [0, 0.05) is 0 Å². The molecule has 184 valence electrons. The van der Waals surface area contributed by atoms with E-state index >= 15 is 0 Å². The number of carbonyl (C=O) groups excluding carboxylic acids is 3. The van der Waals surface area contributed by atoms with E-state index in [4.69, 9.17) is 9.47 Å². The van der Waals surface area contributed by atoms with Crippen LogP contribution in [0.15, 0.2) is 91.0 Å². The molecule has 6 atom stereocenters. The van der Waals surface area contributed by atoms with Crippen LogP contribution in [0.5, 0.6) is 11.5 Å². The molecule has 4 aliphatic carbocycles. The molecule has 3 aromatic rings. The van der Waals surface area contributed by atoms with Gasteiger partial charge in [0.15, 0.2) is 0 Å². The van der Waals surface area contributed by atoms with Crippen LogP contribution in [0.4, 0.5) is 5.69 Å². The Balaban J connectivity index is 1.00. The van der Waals surface area contributed by atoms with Crippen molar-refractivity contribution in [3.05, 3.63) is 102 Å². The Morgan fingerprint density at radius 1 is 0.757 bits per heavy atom. The summed E-state index contributed by atoms with van der Waals surface area (Å²) in [5, 5.41) is 0. The molecule has 6 heteroatoms. The number of hydrogen-bond acceptors (Lipinski definition) is 5. The van der Waals surface area contributed by atoms with E-state index in [1.54, 1.807) is 48.5 Å². The highest BCUT2D eigenvalue weighted by Crippen LogP contribution is 2.65. The van der Waals surface area contributed by atoms with Gasteiger partial charge in [-0.25, -0.2) is 4.79 Å². The van der Waals surface area contributed by atoms with Gasteiger partial charge < -0.3 is 9.47 Å². The maximum Gasteiger partial charge on any atom is 0.343 e. The second kappa shape index (κ2) is 8.44. The Morgan fingerprint density at radius 3 is 1.97 bits per heavy atom. The van der Waals surface area contributed by atoms with Gasteiger partial charge >= 0.3 is 5.97 Å². The van der Waals surface area contributed by atoms with Crippen LogP contribution in [0, 0.1) is 35.5 Å². The number of hydrogen-bond donors (Lipinski definition) is 0. The molecule has 5 aliphatic rings. The van der Waals surface area contributed by atoms with Crippen molar-refractivity contribution >= 4 is 23.5 Å². The summed E-state index contributed by atoms with van der Waals surface area (Å²) in [6.45, 7) is 0.453. The average Bonchev–Trinajstić information content (AvgIpc) is 3.72. The summed E-state index contributed by atoms with van der Waals surface area (Å²) in [5.74, 6) is 1.37. The van der Waals surface area contributed by atoms with Crippen LogP contribution < -0.4 is 14.4 Å². The third-order valence-corrected chi connectivity index (χ3v) is 8.31. The third kappa shape index (κ3) is 3.67. The minimum atomic E-state index is -0.514. The van der Waals surface area contributed by atoms with Gasteiger partial charge in [0.05, 0.1) is 23.1 Å². The second-order valence-corrected chi connectivity index (χ2v) is 10.3. The first-order valence-electron chi connectivity index (χ1n) is 12.7. The smallest absolute Gasteiger partial charge is 0.343 e. The molecule has 3 aromatic carbocycles. The maximum absolute atomic E-state index is 13.3. The lowest BCUT2D eigenvalue weighted by Crippen LogP contribution is -2.40. The summed E-state index contributed by atoms with van der Waals surface area (Å²) in [6, 6.07) is 23.2. The highest BCUT2D eigenvalue weighted by Gasteiger charge is 2.67. The molecule has 0 aromatic heterocycles. The number of allylic oxidation sites excluding steroid dienone is 2. The van der Waals surface area contributed by atoms with Crippen LogP contribution >= 0.6 is 0 Å². The molecule has 6 nitrogen and oxygen atoms in total. The first-order valence-corrected chi connectivity index (χ1v) is 12.7. The zero-order chi connectivity index (χ0) is 25.1. The van der Waals surface area contributed by atoms with E-state index in [2.05, 4.69) is 12.2 Å². The topological polar surface area (TPSA) is 72.9 Å². The Morgan fingerprint density at radius 2 is 1.35 bits per heavy atom. The van der Waals surface area contributed by atoms with Crippen LogP contribution in [-0.2, 0) is 16.2 Å². The van der Waals surface area contributed by atoms with Gasteiger partial charge in [-0.05, 0) is 84.2 Å². The first kappa shape index (κ1) is 22.0. The van der Waals surface area contributed by atoms with Crippen molar-refractivity contribution in [2.75, 3.05) is 4.90 Å². The zero-order valence-corrected chi connectivity index (χ0v) is 20.0. The Hall–Kier alpha value is -4.19. The van der Waals surface area contributed by atoms with Gasteiger partial charge in [-0.2, -0.15) is 0 Å². The molecule has 1 saturated heterocycles. The van der Waals surface area contributed by atoms with Gasteiger partial charge in [-0.15, -0.1) is 0 Å². The van der Waals surface area contributed by atoms with Crippen molar-refractivity contribution in [2.45, 2.75) is 13.0 Å². The normalized spacial score (nSPS) is 28.6. The molecule has 2 saturated carbocycles. The molecule has 3 fully saturated rings. The molecule has 37 heavy (non-hydrogen) atoms. The van der Waals surface area contributed by atoms with Gasteiger partial charge in [-0.3, -0.25) is 14.5 Å². The number of esters is 1. The van der Waals surface area contributed by atoms with Gasteiger partial charge in [0.25, 0.3) is 0 Å². The van der Waals surface area contributed by atoms with Crippen molar-refractivity contribution in [1.29, 1.82) is 0 Å². The van der Waals surface area contributed by atoms with Gasteiger partial charge in [0.2, 0.25) is 11.8 Å². The fraction of sp³-hybridized carbons (Fsp3) is 0.258. The Bertz CT molecular complexity index is 1380. The molecule has 0 N–H and O–H groups in total. The number of ether oxygens (including phenoxy) is 2. The number of imide groups is 1. The molecule has 0 unspecified atom stereocenters. The summed E-state index contributed by atoms with van der Waals surface area (Å²) in [6.07, 6.45) is 5.46. The van der Waals surface area contributed by atoms with Crippen molar-refractivity contribution < 1.29 is 23.9 Å². The first-order chi connectivity index (χ1) is 18.1. The molecule has 2 bridgehead atoms. The number of carbonyl (C=O) groups is 3. The van der Waals surface area contributed by atoms with Crippen LogP contribution in [0.25, 0.3) is 0 Å². The molecular weight excluding hydrogens is 466 g/mol. The SMILES string of the molecule is O=C(Oc1ccc(OCc2ccccc2)cc1)c1ccc(N2C(=O)[C@@H]3[C@H]4C=C[C@@H]([C@@H]5C[C@@H]45)[C@H]3C2=O)cc1. The highest BCUT2D eigenvalue weighted by molar-refractivity contribution is 6.22. The van der Waals surface area contributed by atoms with E-state index in [1.807, 2.05) is 30.3 Å². The number of amides is 2. The van der Waals surface area contributed by atoms with E-state index in [1.165, 1.54) is 4.90 Å². The monoisotopic (exact) mass is 491 g/mol. The summed E-state index contributed by atoms with van der Waals surface area (Å²) >= 11 is 0. The second-order valence-electron chi connectivity index (χ2n) is 10.3. The summed E-state index contributed by atoms with van der Waals surface area (Å²) in [4.78, 5) is 40.6. The maximum atomic E-state index is 13.3. The molecule has 1 aliphatic heterocycles. The molecule has 0 radical (unpaired) electrons. The highest BCUT2D eigenvalue weighted by atomic mass is 16.5. The van der Waals surface area contributed by atoms with E-state index in [0.29, 0.717) is 41.2 Å².